The number of rotatable bonds is 1. The molecule has 0 bridgehead atoms. The topological polar surface area (TPSA) is 39.5 Å². The van der Waals surface area contributed by atoms with Crippen LogP contribution in [0, 0.1) is 11.3 Å². The minimum Gasteiger partial charge on any atom is -0.373 e. The molecule has 2 saturated heterocycles. The smallest absolute Gasteiger partial charge is 0.373 e. The Hall–Kier alpha value is -1.78. The first-order chi connectivity index (χ1) is 10.4. The summed E-state index contributed by atoms with van der Waals surface area (Å²) >= 11 is 0. The fraction of sp³-hybridized carbons (Fsp3) is 0.533. The monoisotopic (exact) mass is 311 g/mol. The van der Waals surface area contributed by atoms with Crippen molar-refractivity contribution < 1.29 is 17.9 Å². The summed E-state index contributed by atoms with van der Waals surface area (Å²) in [6.07, 6.45) is -4.56. The number of hydrogen-bond donors (Lipinski definition) is 0. The zero-order valence-corrected chi connectivity index (χ0v) is 12.1. The average molecular weight is 311 g/mol. The van der Waals surface area contributed by atoms with Gasteiger partial charge in [-0.1, -0.05) is 0 Å². The van der Waals surface area contributed by atoms with Crippen molar-refractivity contribution >= 4 is 5.69 Å². The van der Waals surface area contributed by atoms with Gasteiger partial charge in [0.2, 0.25) is 0 Å². The zero-order chi connectivity index (χ0) is 15.9. The van der Waals surface area contributed by atoms with E-state index in [0.717, 1.165) is 12.6 Å². The molecule has 118 valence electrons. The summed E-state index contributed by atoms with van der Waals surface area (Å²) in [6.45, 7) is 2.32. The van der Waals surface area contributed by atoms with Crippen LogP contribution >= 0.6 is 0 Å². The number of halogens is 3. The standard InChI is InChI=1S/C15H16F3N3O/c1-20-4-5-22-14-9-21(8-13(14)20)12-3-2-10(7-19)6-11(12)15(16,17)18/h2-3,6,13-14H,4-5,8-9H2,1H3. The van der Waals surface area contributed by atoms with Crippen LogP contribution in [-0.2, 0) is 10.9 Å². The van der Waals surface area contributed by atoms with Gasteiger partial charge in [0.05, 0.1) is 35.9 Å². The Labute approximate surface area is 126 Å². The number of alkyl halides is 3. The minimum absolute atomic E-state index is 0.0149. The first-order valence-corrected chi connectivity index (χ1v) is 7.08. The summed E-state index contributed by atoms with van der Waals surface area (Å²) in [6, 6.07) is 5.60. The van der Waals surface area contributed by atoms with Gasteiger partial charge in [-0.15, -0.1) is 0 Å². The van der Waals surface area contributed by atoms with E-state index in [1.807, 2.05) is 7.05 Å². The van der Waals surface area contributed by atoms with Crippen LogP contribution in [0.25, 0.3) is 0 Å². The highest BCUT2D eigenvalue weighted by Crippen LogP contribution is 2.39. The Balaban J connectivity index is 1.94. The van der Waals surface area contributed by atoms with Gasteiger partial charge in [-0.05, 0) is 25.2 Å². The first-order valence-electron chi connectivity index (χ1n) is 7.08. The van der Waals surface area contributed by atoms with E-state index in [0.29, 0.717) is 19.7 Å². The van der Waals surface area contributed by atoms with Crippen molar-refractivity contribution in [3.8, 4) is 6.07 Å². The molecule has 3 rings (SSSR count). The maximum Gasteiger partial charge on any atom is 0.418 e. The van der Waals surface area contributed by atoms with Gasteiger partial charge in [0.25, 0.3) is 0 Å². The largest absolute Gasteiger partial charge is 0.418 e. The second-order valence-corrected chi connectivity index (χ2v) is 5.70. The van der Waals surface area contributed by atoms with Crippen molar-refractivity contribution in [3.05, 3.63) is 29.3 Å². The molecule has 2 heterocycles. The van der Waals surface area contributed by atoms with Crippen LogP contribution in [0.2, 0.25) is 0 Å². The third-order valence-corrected chi connectivity index (χ3v) is 4.35. The SMILES string of the molecule is CN1CCOC2CN(c3ccc(C#N)cc3C(F)(F)F)CC21. The number of nitriles is 1. The number of morpholine rings is 1. The summed E-state index contributed by atoms with van der Waals surface area (Å²) in [7, 11) is 1.97. The van der Waals surface area contributed by atoms with Gasteiger partial charge >= 0.3 is 6.18 Å². The van der Waals surface area contributed by atoms with Crippen LogP contribution in [-0.4, -0.2) is 50.3 Å². The van der Waals surface area contributed by atoms with E-state index in [4.69, 9.17) is 10.00 Å². The van der Waals surface area contributed by atoms with E-state index in [1.165, 1.54) is 12.1 Å². The molecule has 2 unspecified atom stereocenters. The molecular weight excluding hydrogens is 295 g/mol. The number of nitrogens with zero attached hydrogens (tertiary/aromatic N) is 3. The van der Waals surface area contributed by atoms with Gasteiger partial charge in [0.1, 0.15) is 0 Å². The van der Waals surface area contributed by atoms with Gasteiger partial charge in [-0.3, -0.25) is 4.90 Å². The molecule has 0 spiro atoms. The number of anilines is 1. The highest BCUT2D eigenvalue weighted by Gasteiger charge is 2.42. The Kier molecular flexibility index (Phi) is 3.75. The Morgan fingerprint density at radius 3 is 2.73 bits per heavy atom. The summed E-state index contributed by atoms with van der Waals surface area (Å²) in [4.78, 5) is 3.84. The predicted molar refractivity (Wildman–Crippen MR) is 74.5 cm³/mol. The lowest BCUT2D eigenvalue weighted by molar-refractivity contribution is -0.137. The van der Waals surface area contributed by atoms with Gasteiger partial charge in [0.15, 0.2) is 0 Å². The molecule has 1 aromatic rings. The van der Waals surface area contributed by atoms with E-state index in [1.54, 1.807) is 11.0 Å². The van der Waals surface area contributed by atoms with E-state index in [2.05, 4.69) is 4.90 Å². The Morgan fingerprint density at radius 1 is 1.32 bits per heavy atom. The molecule has 2 atom stereocenters. The Morgan fingerprint density at radius 2 is 2.09 bits per heavy atom. The van der Waals surface area contributed by atoms with Crippen LogP contribution < -0.4 is 4.90 Å². The molecule has 0 N–H and O–H groups in total. The molecular formula is C15H16F3N3O. The second kappa shape index (κ2) is 5.45. The van der Waals surface area contributed by atoms with Crippen LogP contribution in [0.5, 0.6) is 0 Å². The highest BCUT2D eigenvalue weighted by molar-refractivity contribution is 5.59. The molecule has 2 aliphatic heterocycles. The van der Waals surface area contributed by atoms with Crippen LogP contribution in [0.15, 0.2) is 18.2 Å². The van der Waals surface area contributed by atoms with E-state index in [-0.39, 0.29) is 23.4 Å². The summed E-state index contributed by atoms with van der Waals surface area (Å²) in [5.41, 5.74) is -0.619. The average Bonchev–Trinajstić information content (AvgIpc) is 2.91. The summed E-state index contributed by atoms with van der Waals surface area (Å²) in [5, 5.41) is 8.83. The van der Waals surface area contributed by atoms with Crippen LogP contribution in [0.4, 0.5) is 18.9 Å². The molecule has 2 aliphatic rings. The molecule has 7 heteroatoms. The summed E-state index contributed by atoms with van der Waals surface area (Å²) in [5.74, 6) is 0. The quantitative estimate of drug-likeness (QED) is 0.796. The first kappa shape index (κ1) is 15.1. The lowest BCUT2D eigenvalue weighted by Crippen LogP contribution is -2.48. The van der Waals surface area contributed by atoms with Gasteiger partial charge in [-0.2, -0.15) is 18.4 Å². The van der Waals surface area contributed by atoms with Crippen LogP contribution in [0.1, 0.15) is 11.1 Å². The number of fused-ring (bicyclic) bond motifs is 1. The minimum atomic E-state index is -4.48. The Bertz CT molecular complexity index is 611. The maximum atomic E-state index is 13.3. The lowest BCUT2D eigenvalue weighted by Gasteiger charge is -2.33. The van der Waals surface area contributed by atoms with E-state index >= 15 is 0 Å². The third kappa shape index (κ3) is 2.64. The van der Waals surface area contributed by atoms with Crippen molar-refractivity contribution in [1.82, 2.24) is 4.90 Å². The lowest BCUT2D eigenvalue weighted by atomic mass is 10.1. The maximum absolute atomic E-state index is 13.3. The van der Waals surface area contributed by atoms with Crippen molar-refractivity contribution in [1.29, 1.82) is 5.26 Å². The normalized spacial score (nSPS) is 25.9. The van der Waals surface area contributed by atoms with Crippen molar-refractivity contribution in [2.24, 2.45) is 0 Å². The zero-order valence-electron chi connectivity index (χ0n) is 12.1. The fourth-order valence-electron chi connectivity index (χ4n) is 3.16. The van der Waals surface area contributed by atoms with Crippen LogP contribution in [0.3, 0.4) is 0 Å². The number of likely N-dealkylation sites (N-methyl/N-ethyl adjacent to an activating group) is 1. The molecule has 4 nitrogen and oxygen atoms in total. The fourth-order valence-corrected chi connectivity index (χ4v) is 3.16. The summed E-state index contributed by atoms with van der Waals surface area (Å²) < 4.78 is 45.5. The van der Waals surface area contributed by atoms with Gasteiger partial charge in [0, 0.05) is 25.3 Å². The molecule has 0 saturated carbocycles. The van der Waals surface area contributed by atoms with Gasteiger partial charge < -0.3 is 9.64 Å². The van der Waals surface area contributed by atoms with Crippen molar-refractivity contribution in [3.63, 3.8) is 0 Å². The van der Waals surface area contributed by atoms with Gasteiger partial charge in [-0.25, -0.2) is 0 Å². The third-order valence-electron chi connectivity index (χ3n) is 4.35. The van der Waals surface area contributed by atoms with Crippen molar-refractivity contribution in [2.75, 3.05) is 38.2 Å². The number of benzene rings is 1. The molecule has 2 fully saturated rings. The van der Waals surface area contributed by atoms with E-state index < -0.39 is 11.7 Å². The predicted octanol–water partition coefficient (Wildman–Crippen LogP) is 2.10. The molecule has 0 radical (unpaired) electrons. The molecule has 0 aliphatic carbocycles. The molecule has 1 aromatic carbocycles. The highest BCUT2D eigenvalue weighted by atomic mass is 19.4. The van der Waals surface area contributed by atoms with Crippen molar-refractivity contribution in [2.45, 2.75) is 18.3 Å². The molecule has 22 heavy (non-hydrogen) atoms. The number of ether oxygens (including phenoxy) is 1. The number of hydrogen-bond acceptors (Lipinski definition) is 4. The molecule has 0 amide bonds. The molecule has 0 aromatic heterocycles. The second-order valence-electron chi connectivity index (χ2n) is 5.70. The van der Waals surface area contributed by atoms with E-state index in [9.17, 15) is 13.2 Å².